The van der Waals surface area contributed by atoms with Crippen molar-refractivity contribution >= 4 is 23.5 Å². The van der Waals surface area contributed by atoms with Crippen molar-refractivity contribution in [1.29, 1.82) is 0 Å². The number of benzene rings is 1. The monoisotopic (exact) mass is 327 g/mol. The van der Waals surface area contributed by atoms with Gasteiger partial charge in [0.2, 0.25) is 0 Å². The smallest absolute Gasteiger partial charge is 0.342 e. The quantitative estimate of drug-likeness (QED) is 0.729. The summed E-state index contributed by atoms with van der Waals surface area (Å²) in [5.74, 6) is -1.84. The largest absolute Gasteiger partial charge is 0.477 e. The van der Waals surface area contributed by atoms with Gasteiger partial charge in [0, 0.05) is 17.9 Å². The van der Waals surface area contributed by atoms with E-state index in [9.17, 15) is 14.4 Å². The third kappa shape index (κ3) is 2.76. The van der Waals surface area contributed by atoms with Crippen LogP contribution in [0.25, 0.3) is 0 Å². The molecule has 7 nitrogen and oxygen atoms in total. The van der Waals surface area contributed by atoms with Crippen LogP contribution < -0.4 is 10.6 Å². The highest BCUT2D eigenvalue weighted by Crippen LogP contribution is 2.30. The Kier molecular flexibility index (Phi) is 4.07. The number of carbonyl (C=O) groups is 3. The Morgan fingerprint density at radius 3 is 2.67 bits per heavy atom. The summed E-state index contributed by atoms with van der Waals surface area (Å²) in [6.07, 6.45) is 2.23. The molecule has 2 aliphatic rings. The number of fused-ring (bicyclic) bond motifs is 1. The molecule has 0 bridgehead atoms. The molecule has 1 aromatic rings. The summed E-state index contributed by atoms with van der Waals surface area (Å²) in [6, 6.07) is 8.83. The van der Waals surface area contributed by atoms with Gasteiger partial charge in [0.1, 0.15) is 11.4 Å². The predicted octanol–water partition coefficient (Wildman–Crippen LogP) is 1.42. The van der Waals surface area contributed by atoms with E-state index in [1.807, 2.05) is 25.1 Å². The van der Waals surface area contributed by atoms with Gasteiger partial charge in [0.05, 0.1) is 5.57 Å². The van der Waals surface area contributed by atoms with Crippen LogP contribution in [0.1, 0.15) is 19.8 Å². The number of amides is 2. The van der Waals surface area contributed by atoms with E-state index in [1.54, 1.807) is 12.1 Å². The first-order chi connectivity index (χ1) is 11.5. The summed E-state index contributed by atoms with van der Waals surface area (Å²) in [6.45, 7) is 1.83. The van der Waals surface area contributed by atoms with Crippen molar-refractivity contribution in [1.82, 2.24) is 10.2 Å². The van der Waals surface area contributed by atoms with Crippen molar-refractivity contribution in [2.45, 2.75) is 25.8 Å². The van der Waals surface area contributed by atoms with E-state index in [0.717, 1.165) is 6.20 Å². The maximum atomic E-state index is 12.6. The maximum absolute atomic E-state index is 12.6. The van der Waals surface area contributed by atoms with Crippen molar-refractivity contribution in [3.05, 3.63) is 53.5 Å². The van der Waals surface area contributed by atoms with E-state index in [2.05, 4.69) is 10.6 Å². The average Bonchev–Trinajstić information content (AvgIpc) is 2.55. The molecule has 124 valence electrons. The molecule has 1 atom stereocenters. The number of carboxylic acid groups (broad SMARTS) is 1. The first-order valence-electron chi connectivity index (χ1n) is 7.62. The van der Waals surface area contributed by atoms with Gasteiger partial charge in [-0.1, -0.05) is 18.2 Å². The van der Waals surface area contributed by atoms with Crippen LogP contribution in [-0.2, 0) is 14.4 Å². The number of rotatable bonds is 3. The zero-order valence-electron chi connectivity index (χ0n) is 13.1. The fraction of sp³-hybridized carbons (Fsp3) is 0.235. The van der Waals surface area contributed by atoms with Crippen LogP contribution in [0.4, 0.5) is 5.69 Å². The number of para-hydroxylation sites is 1. The van der Waals surface area contributed by atoms with Gasteiger partial charge in [-0.3, -0.25) is 14.5 Å². The summed E-state index contributed by atoms with van der Waals surface area (Å²) in [4.78, 5) is 37.5. The Bertz CT molecular complexity index is 767. The molecule has 0 saturated carbocycles. The highest BCUT2D eigenvalue weighted by Gasteiger charge is 2.38. The molecule has 0 fully saturated rings. The summed E-state index contributed by atoms with van der Waals surface area (Å²) in [7, 11) is 0. The summed E-state index contributed by atoms with van der Waals surface area (Å²) >= 11 is 0. The van der Waals surface area contributed by atoms with Crippen molar-refractivity contribution < 1.29 is 19.5 Å². The Hall–Kier alpha value is -3.09. The lowest BCUT2D eigenvalue weighted by atomic mass is 9.96. The van der Waals surface area contributed by atoms with E-state index >= 15 is 0 Å². The Morgan fingerprint density at radius 2 is 2.00 bits per heavy atom. The molecule has 3 rings (SSSR count). The first-order valence-corrected chi connectivity index (χ1v) is 7.62. The number of nitrogens with zero attached hydrogens (tertiary/aromatic N) is 1. The molecule has 3 N–H and O–H groups in total. The van der Waals surface area contributed by atoms with Crippen LogP contribution in [0.3, 0.4) is 0 Å². The highest BCUT2D eigenvalue weighted by molar-refractivity contribution is 6.17. The fourth-order valence-electron chi connectivity index (χ4n) is 2.86. The third-order valence-corrected chi connectivity index (χ3v) is 4.12. The van der Waals surface area contributed by atoms with Crippen molar-refractivity contribution in [3.63, 3.8) is 0 Å². The lowest BCUT2D eigenvalue weighted by Gasteiger charge is -2.39. The molecule has 2 aliphatic heterocycles. The van der Waals surface area contributed by atoms with Gasteiger partial charge in [-0.25, -0.2) is 4.79 Å². The van der Waals surface area contributed by atoms with Gasteiger partial charge in [-0.15, -0.1) is 0 Å². The zero-order valence-corrected chi connectivity index (χ0v) is 13.1. The van der Waals surface area contributed by atoms with Gasteiger partial charge < -0.3 is 15.7 Å². The molecule has 2 amide bonds. The third-order valence-electron chi connectivity index (χ3n) is 4.12. The van der Waals surface area contributed by atoms with E-state index < -0.39 is 11.9 Å². The number of anilines is 1. The minimum Gasteiger partial charge on any atom is -0.477 e. The molecule has 0 spiro atoms. The first kappa shape index (κ1) is 15.8. The number of aliphatic carboxylic acids is 1. The number of hydrogen-bond acceptors (Lipinski definition) is 4. The highest BCUT2D eigenvalue weighted by atomic mass is 16.4. The molecule has 1 unspecified atom stereocenters. The van der Waals surface area contributed by atoms with Crippen LogP contribution in [-0.4, -0.2) is 33.8 Å². The number of carbonyl (C=O) groups excluding carboxylic acids is 2. The molecule has 0 aliphatic carbocycles. The van der Waals surface area contributed by atoms with Crippen LogP contribution in [0.15, 0.2) is 53.5 Å². The van der Waals surface area contributed by atoms with Crippen molar-refractivity contribution in [2.24, 2.45) is 0 Å². The average molecular weight is 327 g/mol. The van der Waals surface area contributed by atoms with E-state index in [4.69, 9.17) is 5.11 Å². The number of hydrogen-bond donors (Lipinski definition) is 3. The Balaban J connectivity index is 1.94. The Morgan fingerprint density at radius 1 is 1.29 bits per heavy atom. The molecule has 7 heteroatoms. The zero-order chi connectivity index (χ0) is 17.3. The fourth-order valence-corrected chi connectivity index (χ4v) is 2.86. The molecule has 1 aromatic carbocycles. The molecule has 2 heterocycles. The van der Waals surface area contributed by atoms with Crippen LogP contribution in [0.5, 0.6) is 0 Å². The minimum absolute atomic E-state index is 0.184. The second-order valence-electron chi connectivity index (χ2n) is 5.72. The maximum Gasteiger partial charge on any atom is 0.342 e. The molecule has 24 heavy (non-hydrogen) atoms. The van der Waals surface area contributed by atoms with E-state index in [0.29, 0.717) is 29.9 Å². The lowest BCUT2D eigenvalue weighted by Crippen LogP contribution is -2.50. The second kappa shape index (κ2) is 6.19. The predicted molar refractivity (Wildman–Crippen MR) is 86.5 cm³/mol. The van der Waals surface area contributed by atoms with Crippen LogP contribution >= 0.6 is 0 Å². The normalized spacial score (nSPS) is 20.0. The molecule has 0 saturated heterocycles. The SMILES string of the molecule is CC1CCC(C(=O)Nc2ccccc2)=C2NC=C(C(=O)O)C(=O)N21. The lowest BCUT2D eigenvalue weighted by molar-refractivity contribution is -0.138. The number of carboxylic acids is 1. The topological polar surface area (TPSA) is 98.7 Å². The molecular formula is C17H17N3O4. The van der Waals surface area contributed by atoms with Crippen LogP contribution in [0.2, 0.25) is 0 Å². The second-order valence-corrected chi connectivity index (χ2v) is 5.72. The molecule has 0 radical (unpaired) electrons. The van der Waals surface area contributed by atoms with Gasteiger partial charge in [-0.2, -0.15) is 0 Å². The standard InChI is InChI=1S/C17H17N3O4/c1-10-7-8-12(15(21)19-11-5-3-2-4-6-11)14-18-9-13(17(23)24)16(22)20(10)14/h2-6,9-10,18H,7-8H2,1H3,(H,19,21)(H,23,24). The molecular weight excluding hydrogens is 310 g/mol. The van der Waals surface area contributed by atoms with Crippen LogP contribution in [0, 0.1) is 0 Å². The van der Waals surface area contributed by atoms with Crippen molar-refractivity contribution in [2.75, 3.05) is 5.32 Å². The Labute approximate surface area is 138 Å². The number of nitrogens with one attached hydrogen (secondary N) is 2. The van der Waals surface area contributed by atoms with Gasteiger partial charge in [0.25, 0.3) is 11.8 Å². The van der Waals surface area contributed by atoms with Gasteiger partial charge >= 0.3 is 5.97 Å². The summed E-state index contributed by atoms with van der Waals surface area (Å²) in [5.41, 5.74) is 0.756. The van der Waals surface area contributed by atoms with Crippen molar-refractivity contribution in [3.8, 4) is 0 Å². The summed E-state index contributed by atoms with van der Waals surface area (Å²) in [5, 5.41) is 14.7. The van der Waals surface area contributed by atoms with Gasteiger partial charge in [0.15, 0.2) is 0 Å². The van der Waals surface area contributed by atoms with E-state index in [1.165, 1.54) is 4.90 Å². The minimum atomic E-state index is -1.29. The van der Waals surface area contributed by atoms with E-state index in [-0.39, 0.29) is 17.5 Å². The van der Waals surface area contributed by atoms with Gasteiger partial charge in [-0.05, 0) is 31.9 Å². The molecule has 0 aromatic heterocycles. The summed E-state index contributed by atoms with van der Waals surface area (Å²) < 4.78 is 0.